The summed E-state index contributed by atoms with van der Waals surface area (Å²) in [5.74, 6) is 1.71. The van der Waals surface area contributed by atoms with Crippen LogP contribution in [0.3, 0.4) is 0 Å². The highest BCUT2D eigenvalue weighted by atomic mass is 16.6. The summed E-state index contributed by atoms with van der Waals surface area (Å²) in [5, 5.41) is 9.57. The average Bonchev–Trinajstić information content (AvgIpc) is 2.76. The zero-order chi connectivity index (χ0) is 19.9. The van der Waals surface area contributed by atoms with E-state index in [2.05, 4.69) is 52.3 Å². The number of fused-ring (bicyclic) bond motifs is 1. The van der Waals surface area contributed by atoms with Gasteiger partial charge in [0.05, 0.1) is 0 Å². The minimum absolute atomic E-state index is 0.248. The van der Waals surface area contributed by atoms with Crippen molar-refractivity contribution in [1.29, 1.82) is 0 Å². The van der Waals surface area contributed by atoms with E-state index in [1.54, 1.807) is 0 Å². The Morgan fingerprint density at radius 3 is 2.59 bits per heavy atom. The van der Waals surface area contributed by atoms with E-state index in [1.807, 2.05) is 6.07 Å². The van der Waals surface area contributed by atoms with Gasteiger partial charge in [-0.05, 0) is 49.1 Å². The van der Waals surface area contributed by atoms with Gasteiger partial charge in [-0.2, -0.15) is 0 Å². The minimum atomic E-state index is 0.248. The van der Waals surface area contributed by atoms with Crippen molar-refractivity contribution in [1.82, 2.24) is 9.80 Å². The van der Waals surface area contributed by atoms with Gasteiger partial charge in [0.25, 0.3) is 0 Å². The Kier molecular flexibility index (Phi) is 7.04. The lowest BCUT2D eigenvalue weighted by molar-refractivity contribution is 0.0546. The molecule has 1 N–H and O–H groups in total. The Morgan fingerprint density at radius 1 is 0.931 bits per heavy atom. The van der Waals surface area contributed by atoms with Gasteiger partial charge in [-0.3, -0.25) is 9.80 Å². The SMILES string of the molecule is OCCC1CN(Cc2ccc3c(c2)OCCO3)CCN1CCCc1ccccc1. The number of nitrogens with zero attached hydrogens (tertiary/aromatic N) is 2. The third-order valence-electron chi connectivity index (χ3n) is 5.92. The Labute approximate surface area is 173 Å². The molecule has 0 amide bonds. The fourth-order valence-corrected chi connectivity index (χ4v) is 4.39. The molecule has 2 aromatic carbocycles. The van der Waals surface area contributed by atoms with E-state index < -0.39 is 0 Å². The van der Waals surface area contributed by atoms with Crippen LogP contribution < -0.4 is 9.47 Å². The molecule has 29 heavy (non-hydrogen) atoms. The minimum Gasteiger partial charge on any atom is -0.486 e. The summed E-state index contributed by atoms with van der Waals surface area (Å²) < 4.78 is 11.4. The number of hydrogen-bond acceptors (Lipinski definition) is 5. The topological polar surface area (TPSA) is 45.2 Å². The third kappa shape index (κ3) is 5.50. The molecule has 1 saturated heterocycles. The van der Waals surface area contributed by atoms with E-state index in [0.29, 0.717) is 19.3 Å². The zero-order valence-corrected chi connectivity index (χ0v) is 17.1. The highest BCUT2D eigenvalue weighted by molar-refractivity contribution is 5.43. The lowest BCUT2D eigenvalue weighted by atomic mass is 10.1. The van der Waals surface area contributed by atoms with E-state index in [4.69, 9.17) is 9.47 Å². The first-order valence-corrected chi connectivity index (χ1v) is 10.8. The first-order valence-electron chi connectivity index (χ1n) is 10.8. The van der Waals surface area contributed by atoms with Gasteiger partial charge in [0.2, 0.25) is 0 Å². The first kappa shape index (κ1) is 20.2. The van der Waals surface area contributed by atoms with Gasteiger partial charge in [-0.25, -0.2) is 0 Å². The summed E-state index contributed by atoms with van der Waals surface area (Å²) in [6, 6.07) is 17.4. The molecule has 5 nitrogen and oxygen atoms in total. The maximum Gasteiger partial charge on any atom is 0.161 e. The molecule has 4 rings (SSSR count). The monoisotopic (exact) mass is 396 g/mol. The molecule has 0 radical (unpaired) electrons. The molecule has 2 aromatic rings. The number of aryl methyl sites for hydroxylation is 1. The number of piperazine rings is 1. The lowest BCUT2D eigenvalue weighted by Crippen LogP contribution is -2.53. The Morgan fingerprint density at radius 2 is 1.76 bits per heavy atom. The standard InChI is InChI=1S/C24H32N2O3/c27-14-10-22-19-25(18-21-8-9-23-24(17-21)29-16-15-28-23)12-13-26(22)11-4-7-20-5-2-1-3-6-20/h1-3,5-6,8-9,17,22,27H,4,7,10-16,18-19H2. The van der Waals surface area contributed by atoms with Crippen molar-refractivity contribution in [2.45, 2.75) is 31.8 Å². The van der Waals surface area contributed by atoms with Gasteiger partial charge in [-0.1, -0.05) is 36.4 Å². The summed E-state index contributed by atoms with van der Waals surface area (Å²) in [6.07, 6.45) is 3.11. The molecule has 1 atom stereocenters. The van der Waals surface area contributed by atoms with Gasteiger partial charge in [-0.15, -0.1) is 0 Å². The maximum atomic E-state index is 9.57. The van der Waals surface area contributed by atoms with Crippen molar-refractivity contribution in [2.24, 2.45) is 0 Å². The summed E-state index contributed by atoms with van der Waals surface area (Å²) in [4.78, 5) is 5.07. The molecule has 0 spiro atoms. The smallest absolute Gasteiger partial charge is 0.161 e. The normalized spacial score (nSPS) is 20.0. The van der Waals surface area contributed by atoms with E-state index in [9.17, 15) is 5.11 Å². The summed E-state index contributed by atoms with van der Waals surface area (Å²) >= 11 is 0. The molecule has 0 saturated carbocycles. The Balaban J connectivity index is 1.30. The van der Waals surface area contributed by atoms with Crippen LogP contribution in [0.5, 0.6) is 11.5 Å². The van der Waals surface area contributed by atoms with Crippen molar-refractivity contribution in [3.8, 4) is 11.5 Å². The Hall–Kier alpha value is -2.08. The van der Waals surface area contributed by atoms with Crippen LogP contribution in [-0.2, 0) is 13.0 Å². The molecular weight excluding hydrogens is 364 g/mol. The van der Waals surface area contributed by atoms with E-state index >= 15 is 0 Å². The van der Waals surface area contributed by atoms with Crippen molar-refractivity contribution >= 4 is 0 Å². The van der Waals surface area contributed by atoms with Crippen LogP contribution in [0.2, 0.25) is 0 Å². The number of ether oxygens (including phenoxy) is 2. The summed E-state index contributed by atoms with van der Waals surface area (Å²) in [5.41, 5.74) is 2.66. The summed E-state index contributed by atoms with van der Waals surface area (Å²) in [6.45, 7) is 6.62. The number of benzene rings is 2. The molecule has 156 valence electrons. The van der Waals surface area contributed by atoms with Crippen LogP contribution in [0.4, 0.5) is 0 Å². The van der Waals surface area contributed by atoms with E-state index in [0.717, 1.165) is 63.5 Å². The molecule has 0 aliphatic carbocycles. The molecule has 0 aromatic heterocycles. The maximum absolute atomic E-state index is 9.57. The van der Waals surface area contributed by atoms with Gasteiger partial charge in [0.15, 0.2) is 11.5 Å². The van der Waals surface area contributed by atoms with Crippen LogP contribution in [0, 0.1) is 0 Å². The highest BCUT2D eigenvalue weighted by Gasteiger charge is 2.26. The highest BCUT2D eigenvalue weighted by Crippen LogP contribution is 2.31. The predicted octanol–water partition coefficient (Wildman–Crippen LogP) is 2.96. The van der Waals surface area contributed by atoms with Crippen molar-refractivity contribution in [3.63, 3.8) is 0 Å². The van der Waals surface area contributed by atoms with Crippen LogP contribution in [0.15, 0.2) is 48.5 Å². The van der Waals surface area contributed by atoms with Gasteiger partial charge in [0.1, 0.15) is 13.2 Å². The number of aliphatic hydroxyl groups is 1. The fourth-order valence-electron chi connectivity index (χ4n) is 4.39. The second-order valence-electron chi connectivity index (χ2n) is 8.00. The second-order valence-corrected chi connectivity index (χ2v) is 8.00. The predicted molar refractivity (Wildman–Crippen MR) is 115 cm³/mol. The number of rotatable bonds is 8. The van der Waals surface area contributed by atoms with Gasteiger partial charge >= 0.3 is 0 Å². The molecule has 2 heterocycles. The molecule has 1 unspecified atom stereocenters. The first-order chi connectivity index (χ1) is 14.3. The van der Waals surface area contributed by atoms with Crippen LogP contribution in [0.25, 0.3) is 0 Å². The molecule has 5 heteroatoms. The fraction of sp³-hybridized carbons (Fsp3) is 0.500. The lowest BCUT2D eigenvalue weighted by Gasteiger charge is -2.41. The van der Waals surface area contributed by atoms with Crippen molar-refractivity contribution in [2.75, 3.05) is 46.0 Å². The quantitative estimate of drug-likeness (QED) is 0.743. The van der Waals surface area contributed by atoms with Crippen LogP contribution in [-0.4, -0.2) is 66.9 Å². The van der Waals surface area contributed by atoms with Crippen molar-refractivity contribution in [3.05, 3.63) is 59.7 Å². The second kappa shape index (κ2) is 10.1. The Bertz CT molecular complexity index is 768. The van der Waals surface area contributed by atoms with Crippen molar-refractivity contribution < 1.29 is 14.6 Å². The molecule has 2 aliphatic rings. The van der Waals surface area contributed by atoms with Gasteiger partial charge in [0, 0.05) is 38.8 Å². The largest absolute Gasteiger partial charge is 0.486 e. The van der Waals surface area contributed by atoms with E-state index in [-0.39, 0.29) is 6.61 Å². The molecule has 0 bridgehead atoms. The number of aliphatic hydroxyl groups excluding tert-OH is 1. The molecule has 2 aliphatic heterocycles. The zero-order valence-electron chi connectivity index (χ0n) is 17.1. The third-order valence-corrected chi connectivity index (χ3v) is 5.92. The molecule has 1 fully saturated rings. The van der Waals surface area contributed by atoms with E-state index in [1.165, 1.54) is 11.1 Å². The van der Waals surface area contributed by atoms with Crippen LogP contribution in [0.1, 0.15) is 24.0 Å². The molecular formula is C24H32N2O3. The summed E-state index contributed by atoms with van der Waals surface area (Å²) in [7, 11) is 0. The number of hydrogen-bond donors (Lipinski definition) is 1. The van der Waals surface area contributed by atoms with Gasteiger partial charge < -0.3 is 14.6 Å². The van der Waals surface area contributed by atoms with Crippen LogP contribution >= 0.6 is 0 Å². The average molecular weight is 397 g/mol.